The number of ketones is 1. The molecule has 1 aromatic rings. The predicted octanol–water partition coefficient (Wildman–Crippen LogP) is 1.65. The van der Waals surface area contributed by atoms with Gasteiger partial charge in [-0.05, 0) is 11.6 Å². The summed E-state index contributed by atoms with van der Waals surface area (Å²) in [6.07, 6.45) is -5.63. The quantitative estimate of drug-likeness (QED) is 0.443. The molecule has 1 rings (SSSR count). The maximum Gasteiger partial charge on any atom is 0.450 e. The number of nitrogens with two attached hydrogens (primary N) is 2. The fourth-order valence-electron chi connectivity index (χ4n) is 1.22. The van der Waals surface area contributed by atoms with E-state index in [1.165, 1.54) is 18.2 Å². The molecular formula is C9H11ClF3N3O. The lowest BCUT2D eigenvalue weighted by Crippen LogP contribution is -2.25. The summed E-state index contributed by atoms with van der Waals surface area (Å²) in [4.78, 5) is 10.8. The van der Waals surface area contributed by atoms with Gasteiger partial charge in [0.05, 0.1) is 11.4 Å². The summed E-state index contributed by atoms with van der Waals surface area (Å²) in [5, 5.41) is 0. The fourth-order valence-corrected chi connectivity index (χ4v) is 1.22. The molecule has 0 bridgehead atoms. The first kappa shape index (κ1) is 15.5. The molecule has 0 fully saturated rings. The second-order valence-corrected chi connectivity index (χ2v) is 3.12. The van der Waals surface area contributed by atoms with Crippen LogP contribution >= 0.6 is 12.4 Å². The molecule has 4 nitrogen and oxygen atoms in total. The van der Waals surface area contributed by atoms with Crippen molar-refractivity contribution in [1.82, 2.24) is 0 Å². The van der Waals surface area contributed by atoms with E-state index < -0.39 is 18.4 Å². The third-order valence-electron chi connectivity index (χ3n) is 1.99. The molecule has 17 heavy (non-hydrogen) atoms. The van der Waals surface area contributed by atoms with E-state index in [2.05, 4.69) is 5.43 Å². The second kappa shape index (κ2) is 5.74. The minimum atomic E-state index is -4.85. The summed E-state index contributed by atoms with van der Waals surface area (Å²) >= 11 is 0. The standard InChI is InChI=1S/C9H10F3N3O.ClH/c10-9(11,12)7(16)4-5-2-1-3-6(13)8(5)15-14;/h1-3,15H,4,13-14H2;1H. The van der Waals surface area contributed by atoms with E-state index in [0.29, 0.717) is 0 Å². The average molecular weight is 270 g/mol. The largest absolute Gasteiger partial charge is 0.450 e. The summed E-state index contributed by atoms with van der Waals surface area (Å²) in [7, 11) is 0. The molecule has 1 aromatic carbocycles. The van der Waals surface area contributed by atoms with Crippen LogP contribution in [0.1, 0.15) is 5.56 Å². The molecule has 0 heterocycles. The molecule has 0 aromatic heterocycles. The Hall–Kier alpha value is -1.47. The Bertz CT molecular complexity index is 409. The van der Waals surface area contributed by atoms with Gasteiger partial charge in [-0.1, -0.05) is 12.1 Å². The van der Waals surface area contributed by atoms with Crippen LogP contribution in [0.15, 0.2) is 18.2 Å². The second-order valence-electron chi connectivity index (χ2n) is 3.12. The number of anilines is 2. The van der Waals surface area contributed by atoms with Crippen molar-refractivity contribution in [3.8, 4) is 0 Å². The van der Waals surface area contributed by atoms with Gasteiger partial charge in [0.2, 0.25) is 5.78 Å². The van der Waals surface area contributed by atoms with Crippen molar-refractivity contribution in [2.24, 2.45) is 5.84 Å². The van der Waals surface area contributed by atoms with E-state index >= 15 is 0 Å². The first-order valence-corrected chi connectivity index (χ1v) is 4.30. The smallest absolute Gasteiger partial charge is 0.397 e. The lowest BCUT2D eigenvalue weighted by atomic mass is 10.1. The van der Waals surface area contributed by atoms with Crippen LogP contribution in [0.4, 0.5) is 24.5 Å². The number of Topliss-reactive ketones (excluding diaryl/α,β-unsaturated/α-hetero) is 1. The molecule has 0 saturated carbocycles. The number of carbonyl (C=O) groups excluding carboxylic acids is 1. The highest BCUT2D eigenvalue weighted by Gasteiger charge is 2.38. The van der Waals surface area contributed by atoms with Gasteiger partial charge in [0.25, 0.3) is 0 Å². The van der Waals surface area contributed by atoms with Crippen molar-refractivity contribution in [2.45, 2.75) is 12.6 Å². The molecule has 8 heteroatoms. The van der Waals surface area contributed by atoms with Gasteiger partial charge in [-0.15, -0.1) is 12.4 Å². The number of hydrogen-bond donors (Lipinski definition) is 3. The highest BCUT2D eigenvalue weighted by atomic mass is 35.5. The number of hydrazine groups is 1. The van der Waals surface area contributed by atoms with Crippen LogP contribution in [-0.2, 0) is 11.2 Å². The molecule has 0 aliphatic carbocycles. The Morgan fingerprint density at radius 2 is 1.94 bits per heavy atom. The van der Waals surface area contributed by atoms with Crippen LogP contribution < -0.4 is 17.0 Å². The monoisotopic (exact) mass is 269 g/mol. The number of para-hydroxylation sites is 1. The third-order valence-corrected chi connectivity index (χ3v) is 1.99. The molecule has 0 aliphatic heterocycles. The SMILES string of the molecule is Cl.NNc1c(N)cccc1CC(=O)C(F)(F)F. The number of carbonyl (C=O) groups is 1. The van der Waals surface area contributed by atoms with Crippen molar-refractivity contribution < 1.29 is 18.0 Å². The maximum atomic E-state index is 12.0. The molecule has 0 aliphatic rings. The van der Waals surface area contributed by atoms with E-state index in [9.17, 15) is 18.0 Å². The number of benzene rings is 1. The Morgan fingerprint density at radius 3 is 2.41 bits per heavy atom. The molecule has 0 saturated heterocycles. The molecule has 0 amide bonds. The van der Waals surface area contributed by atoms with Crippen molar-refractivity contribution in [3.63, 3.8) is 0 Å². The van der Waals surface area contributed by atoms with Crippen LogP contribution in [0.3, 0.4) is 0 Å². The topological polar surface area (TPSA) is 81.1 Å². The minimum Gasteiger partial charge on any atom is -0.397 e. The zero-order valence-corrected chi connectivity index (χ0v) is 9.36. The minimum absolute atomic E-state index is 0. The van der Waals surface area contributed by atoms with E-state index in [4.69, 9.17) is 11.6 Å². The van der Waals surface area contributed by atoms with Crippen LogP contribution in [0.2, 0.25) is 0 Å². The van der Waals surface area contributed by atoms with Crippen LogP contribution in [0.5, 0.6) is 0 Å². The van der Waals surface area contributed by atoms with Gasteiger partial charge >= 0.3 is 6.18 Å². The number of nitrogens with one attached hydrogen (secondary N) is 1. The van der Waals surface area contributed by atoms with Gasteiger partial charge in [0.15, 0.2) is 0 Å². The van der Waals surface area contributed by atoms with Gasteiger partial charge in [0.1, 0.15) is 0 Å². The van der Waals surface area contributed by atoms with Crippen molar-refractivity contribution in [3.05, 3.63) is 23.8 Å². The fraction of sp³-hybridized carbons (Fsp3) is 0.222. The van der Waals surface area contributed by atoms with Crippen molar-refractivity contribution in [1.29, 1.82) is 0 Å². The molecule has 0 atom stereocenters. The molecule has 5 N–H and O–H groups in total. The summed E-state index contributed by atoms with van der Waals surface area (Å²) < 4.78 is 36.1. The first-order chi connectivity index (χ1) is 7.36. The summed E-state index contributed by atoms with van der Waals surface area (Å²) in [6, 6.07) is 4.28. The molecule has 96 valence electrons. The van der Waals surface area contributed by atoms with E-state index in [1.54, 1.807) is 0 Å². The van der Waals surface area contributed by atoms with Crippen LogP contribution in [-0.4, -0.2) is 12.0 Å². The average Bonchev–Trinajstić information content (AvgIpc) is 2.16. The molecule has 0 spiro atoms. The summed E-state index contributed by atoms with van der Waals surface area (Å²) in [5.74, 6) is 3.28. The van der Waals surface area contributed by atoms with Gasteiger partial charge in [-0.2, -0.15) is 13.2 Å². The van der Waals surface area contributed by atoms with Crippen LogP contribution in [0.25, 0.3) is 0 Å². The zero-order chi connectivity index (χ0) is 12.3. The Morgan fingerprint density at radius 1 is 1.35 bits per heavy atom. The molecule has 0 radical (unpaired) electrons. The summed E-state index contributed by atoms with van der Waals surface area (Å²) in [5.41, 5.74) is 8.10. The van der Waals surface area contributed by atoms with E-state index in [1.807, 2.05) is 0 Å². The van der Waals surface area contributed by atoms with Gasteiger partial charge < -0.3 is 11.2 Å². The number of halogens is 4. The Kier molecular flexibility index (Phi) is 5.24. The first-order valence-electron chi connectivity index (χ1n) is 4.30. The Labute approximate surface area is 102 Å². The number of alkyl halides is 3. The van der Waals surface area contributed by atoms with Gasteiger partial charge in [0, 0.05) is 6.42 Å². The Balaban J connectivity index is 0.00000256. The van der Waals surface area contributed by atoms with E-state index in [-0.39, 0.29) is 29.3 Å². The lowest BCUT2D eigenvalue weighted by Gasteiger charge is -2.11. The molecule has 0 unspecified atom stereocenters. The number of hydrogen-bond acceptors (Lipinski definition) is 4. The lowest BCUT2D eigenvalue weighted by molar-refractivity contribution is -0.170. The highest BCUT2D eigenvalue weighted by Crippen LogP contribution is 2.26. The van der Waals surface area contributed by atoms with Gasteiger partial charge in [-0.3, -0.25) is 10.6 Å². The number of nitrogen functional groups attached to an aromatic ring is 2. The predicted molar refractivity (Wildman–Crippen MR) is 60.7 cm³/mol. The zero-order valence-electron chi connectivity index (χ0n) is 8.54. The highest BCUT2D eigenvalue weighted by molar-refractivity contribution is 5.88. The van der Waals surface area contributed by atoms with Crippen LogP contribution in [0, 0.1) is 0 Å². The summed E-state index contributed by atoms with van der Waals surface area (Å²) in [6.45, 7) is 0. The normalized spacial score (nSPS) is 10.6. The van der Waals surface area contributed by atoms with E-state index in [0.717, 1.165) is 0 Å². The molecular weight excluding hydrogens is 259 g/mol. The number of rotatable bonds is 3. The third kappa shape index (κ3) is 3.79. The van der Waals surface area contributed by atoms with Gasteiger partial charge in [-0.25, -0.2) is 0 Å². The maximum absolute atomic E-state index is 12.0. The van der Waals surface area contributed by atoms with Crippen molar-refractivity contribution in [2.75, 3.05) is 11.2 Å². The van der Waals surface area contributed by atoms with Crippen molar-refractivity contribution >= 4 is 29.6 Å².